The molecule has 0 aliphatic heterocycles. The standard InChI is InChI=1S/C10H19N5O/c1-4-16-8-5-7(10(8,2)3)15-9(6-11)12-13-14-15/h7-8H,4-6,11H2,1-3H3. The summed E-state index contributed by atoms with van der Waals surface area (Å²) in [5.74, 6) is 0.744. The lowest BCUT2D eigenvalue weighted by atomic mass is 9.64. The van der Waals surface area contributed by atoms with Crippen molar-refractivity contribution in [1.82, 2.24) is 20.2 Å². The normalized spacial score (nSPS) is 27.8. The van der Waals surface area contributed by atoms with Gasteiger partial charge in [0.05, 0.1) is 18.7 Å². The SMILES string of the molecule is CCOC1CC(n2nnnc2CN)C1(C)C. The van der Waals surface area contributed by atoms with Crippen LogP contribution in [0.4, 0.5) is 0 Å². The molecule has 0 bridgehead atoms. The third-order valence-electron chi connectivity index (χ3n) is 3.53. The Morgan fingerprint density at radius 2 is 2.31 bits per heavy atom. The Morgan fingerprint density at radius 1 is 1.56 bits per heavy atom. The minimum atomic E-state index is 0.0648. The largest absolute Gasteiger partial charge is 0.378 e. The molecule has 1 heterocycles. The summed E-state index contributed by atoms with van der Waals surface area (Å²) in [6.07, 6.45) is 1.25. The Bertz CT molecular complexity index is 362. The van der Waals surface area contributed by atoms with Crippen molar-refractivity contribution in [2.75, 3.05) is 6.61 Å². The van der Waals surface area contributed by atoms with Crippen LogP contribution in [0.3, 0.4) is 0 Å². The zero-order valence-electron chi connectivity index (χ0n) is 10.1. The van der Waals surface area contributed by atoms with Crippen LogP contribution in [0.25, 0.3) is 0 Å². The van der Waals surface area contributed by atoms with E-state index in [2.05, 4.69) is 29.4 Å². The predicted octanol–water partition coefficient (Wildman–Crippen LogP) is 0.508. The van der Waals surface area contributed by atoms with Crippen molar-refractivity contribution in [2.24, 2.45) is 11.1 Å². The molecule has 1 aliphatic rings. The van der Waals surface area contributed by atoms with Crippen LogP contribution in [0.2, 0.25) is 0 Å². The van der Waals surface area contributed by atoms with Crippen molar-refractivity contribution in [2.45, 2.75) is 45.9 Å². The van der Waals surface area contributed by atoms with Crippen molar-refractivity contribution in [3.8, 4) is 0 Å². The van der Waals surface area contributed by atoms with Crippen LogP contribution in [-0.2, 0) is 11.3 Å². The number of nitrogens with zero attached hydrogens (tertiary/aromatic N) is 4. The van der Waals surface area contributed by atoms with Gasteiger partial charge in [-0.1, -0.05) is 13.8 Å². The summed E-state index contributed by atoms with van der Waals surface area (Å²) in [5, 5.41) is 11.6. The van der Waals surface area contributed by atoms with Gasteiger partial charge >= 0.3 is 0 Å². The number of hydrogen-bond acceptors (Lipinski definition) is 5. The highest BCUT2D eigenvalue weighted by Crippen LogP contribution is 2.51. The highest BCUT2D eigenvalue weighted by Gasteiger charge is 2.51. The first-order valence-electron chi connectivity index (χ1n) is 5.69. The molecular weight excluding hydrogens is 206 g/mol. The van der Waals surface area contributed by atoms with E-state index in [1.165, 1.54) is 0 Å². The Hall–Kier alpha value is -1.01. The summed E-state index contributed by atoms with van der Waals surface area (Å²) in [5.41, 5.74) is 5.66. The molecule has 6 heteroatoms. The predicted molar refractivity (Wildman–Crippen MR) is 58.6 cm³/mol. The van der Waals surface area contributed by atoms with Crippen LogP contribution in [-0.4, -0.2) is 32.9 Å². The zero-order valence-corrected chi connectivity index (χ0v) is 10.1. The fraction of sp³-hybridized carbons (Fsp3) is 0.900. The minimum absolute atomic E-state index is 0.0648. The Labute approximate surface area is 95.1 Å². The summed E-state index contributed by atoms with van der Waals surface area (Å²) in [6.45, 7) is 7.51. The van der Waals surface area contributed by atoms with Crippen LogP contribution in [0.5, 0.6) is 0 Å². The highest BCUT2D eigenvalue weighted by molar-refractivity contribution is 5.03. The molecule has 0 amide bonds. The van der Waals surface area contributed by atoms with E-state index < -0.39 is 0 Å². The summed E-state index contributed by atoms with van der Waals surface area (Å²) in [6, 6.07) is 0.289. The Balaban J connectivity index is 2.14. The van der Waals surface area contributed by atoms with Crippen LogP contribution in [0.15, 0.2) is 0 Å². The summed E-state index contributed by atoms with van der Waals surface area (Å²) in [4.78, 5) is 0. The van der Waals surface area contributed by atoms with E-state index in [0.29, 0.717) is 6.54 Å². The highest BCUT2D eigenvalue weighted by atomic mass is 16.5. The first kappa shape index (κ1) is 11.5. The molecule has 2 N–H and O–H groups in total. The quantitative estimate of drug-likeness (QED) is 0.807. The molecule has 90 valence electrons. The van der Waals surface area contributed by atoms with E-state index in [-0.39, 0.29) is 17.6 Å². The van der Waals surface area contributed by atoms with Gasteiger partial charge in [0.1, 0.15) is 0 Å². The molecule has 0 saturated heterocycles. The molecule has 6 nitrogen and oxygen atoms in total. The van der Waals surface area contributed by atoms with E-state index in [9.17, 15) is 0 Å². The second-order valence-corrected chi connectivity index (χ2v) is 4.76. The number of tetrazole rings is 1. The minimum Gasteiger partial charge on any atom is -0.378 e. The average molecular weight is 225 g/mol. The molecule has 1 aliphatic carbocycles. The maximum atomic E-state index is 5.68. The summed E-state index contributed by atoms with van der Waals surface area (Å²) < 4.78 is 7.52. The lowest BCUT2D eigenvalue weighted by molar-refractivity contribution is -0.132. The zero-order chi connectivity index (χ0) is 11.8. The van der Waals surface area contributed by atoms with Gasteiger partial charge in [0.2, 0.25) is 0 Å². The van der Waals surface area contributed by atoms with E-state index in [0.717, 1.165) is 18.9 Å². The van der Waals surface area contributed by atoms with Crippen LogP contribution in [0, 0.1) is 5.41 Å². The van der Waals surface area contributed by atoms with Gasteiger partial charge in [-0.3, -0.25) is 0 Å². The van der Waals surface area contributed by atoms with Gasteiger partial charge in [0.25, 0.3) is 0 Å². The van der Waals surface area contributed by atoms with Gasteiger partial charge in [0, 0.05) is 12.0 Å². The van der Waals surface area contributed by atoms with Crippen LogP contribution >= 0.6 is 0 Å². The molecule has 2 unspecified atom stereocenters. The monoisotopic (exact) mass is 225 g/mol. The van der Waals surface area contributed by atoms with Gasteiger partial charge in [-0.2, -0.15) is 0 Å². The molecule has 0 spiro atoms. The van der Waals surface area contributed by atoms with E-state index in [1.807, 2.05) is 11.6 Å². The maximum absolute atomic E-state index is 5.68. The number of nitrogens with two attached hydrogens (primary N) is 1. The summed E-state index contributed by atoms with van der Waals surface area (Å²) >= 11 is 0. The van der Waals surface area contributed by atoms with Gasteiger partial charge in [0.15, 0.2) is 5.82 Å². The first-order valence-corrected chi connectivity index (χ1v) is 5.69. The number of hydrogen-bond donors (Lipinski definition) is 1. The number of ether oxygens (including phenoxy) is 1. The molecule has 0 radical (unpaired) electrons. The molecular formula is C10H19N5O. The third-order valence-corrected chi connectivity index (χ3v) is 3.53. The number of rotatable bonds is 4. The topological polar surface area (TPSA) is 78.8 Å². The second-order valence-electron chi connectivity index (χ2n) is 4.76. The fourth-order valence-corrected chi connectivity index (χ4v) is 2.35. The summed E-state index contributed by atoms with van der Waals surface area (Å²) in [7, 11) is 0. The van der Waals surface area contributed by atoms with Gasteiger partial charge in [-0.25, -0.2) is 4.68 Å². The molecule has 1 aromatic rings. The van der Waals surface area contributed by atoms with Crippen molar-refractivity contribution in [3.05, 3.63) is 5.82 Å². The molecule has 2 rings (SSSR count). The van der Waals surface area contributed by atoms with Gasteiger partial charge < -0.3 is 10.5 Å². The van der Waals surface area contributed by atoms with E-state index >= 15 is 0 Å². The van der Waals surface area contributed by atoms with Crippen molar-refractivity contribution in [1.29, 1.82) is 0 Å². The molecule has 0 aromatic carbocycles. The second kappa shape index (κ2) is 4.10. The molecule has 16 heavy (non-hydrogen) atoms. The maximum Gasteiger partial charge on any atom is 0.165 e. The molecule has 1 saturated carbocycles. The van der Waals surface area contributed by atoms with Crippen molar-refractivity contribution in [3.63, 3.8) is 0 Å². The van der Waals surface area contributed by atoms with Crippen molar-refractivity contribution < 1.29 is 4.74 Å². The smallest absolute Gasteiger partial charge is 0.165 e. The molecule has 1 aromatic heterocycles. The van der Waals surface area contributed by atoms with Crippen LogP contribution in [0.1, 0.15) is 39.1 Å². The van der Waals surface area contributed by atoms with Crippen molar-refractivity contribution >= 4 is 0 Å². The van der Waals surface area contributed by atoms with Crippen LogP contribution < -0.4 is 5.73 Å². The molecule has 2 atom stereocenters. The lowest BCUT2D eigenvalue weighted by Gasteiger charge is -2.51. The Kier molecular flexibility index (Phi) is 2.94. The Morgan fingerprint density at radius 3 is 2.88 bits per heavy atom. The van der Waals surface area contributed by atoms with Gasteiger partial charge in [-0.15, -0.1) is 5.10 Å². The fourth-order valence-electron chi connectivity index (χ4n) is 2.35. The average Bonchev–Trinajstić information content (AvgIpc) is 2.71. The molecule has 1 fully saturated rings. The van der Waals surface area contributed by atoms with E-state index in [1.54, 1.807) is 0 Å². The lowest BCUT2D eigenvalue weighted by Crippen LogP contribution is -2.52. The third kappa shape index (κ3) is 1.62. The first-order chi connectivity index (χ1) is 7.61. The number of aromatic nitrogens is 4. The van der Waals surface area contributed by atoms with Gasteiger partial charge in [-0.05, 0) is 23.8 Å². The van der Waals surface area contributed by atoms with E-state index in [4.69, 9.17) is 10.5 Å².